The number of benzene rings is 1. The lowest BCUT2D eigenvalue weighted by molar-refractivity contribution is -0.153. The van der Waals surface area contributed by atoms with Gasteiger partial charge in [-0.25, -0.2) is 0 Å². The van der Waals surface area contributed by atoms with Crippen LogP contribution in [0, 0.1) is 0 Å². The number of hydrogen-bond donors (Lipinski definition) is 0. The smallest absolute Gasteiger partial charge is 0.311 e. The molecule has 0 amide bonds. The molecule has 0 unspecified atom stereocenters. The highest BCUT2D eigenvalue weighted by Crippen LogP contribution is 2.29. The number of carbonyl (C=O) groups is 1. The zero-order chi connectivity index (χ0) is 13.8. The molecule has 0 fully saturated rings. The Morgan fingerprint density at radius 3 is 2.00 bits per heavy atom. The van der Waals surface area contributed by atoms with Crippen molar-refractivity contribution in [3.05, 3.63) is 23.8 Å². The molecular formula is C14H20O4. The monoisotopic (exact) mass is 252 g/mol. The molecule has 0 saturated carbocycles. The third-order valence-corrected chi connectivity index (χ3v) is 2.27. The van der Waals surface area contributed by atoms with Crippen LogP contribution < -0.4 is 9.47 Å². The van der Waals surface area contributed by atoms with Gasteiger partial charge in [-0.1, -0.05) is 6.07 Å². The molecule has 0 N–H and O–H groups in total. The van der Waals surface area contributed by atoms with Crippen LogP contribution >= 0.6 is 0 Å². The van der Waals surface area contributed by atoms with Crippen LogP contribution in [0.1, 0.15) is 26.3 Å². The third-order valence-electron chi connectivity index (χ3n) is 2.27. The molecule has 0 aliphatic heterocycles. The second-order valence-electron chi connectivity index (χ2n) is 4.90. The first-order chi connectivity index (χ1) is 8.37. The second-order valence-corrected chi connectivity index (χ2v) is 4.90. The fourth-order valence-electron chi connectivity index (χ4n) is 1.62. The predicted octanol–water partition coefficient (Wildman–Crippen LogP) is 2.59. The lowest BCUT2D eigenvalue weighted by Gasteiger charge is -2.20. The Labute approximate surface area is 108 Å². The van der Waals surface area contributed by atoms with Crippen LogP contribution in [0.25, 0.3) is 0 Å². The molecule has 4 heteroatoms. The molecule has 0 heterocycles. The van der Waals surface area contributed by atoms with E-state index in [1.165, 1.54) is 0 Å². The number of carbonyl (C=O) groups excluding carboxylic acids is 1. The average Bonchev–Trinajstić information content (AvgIpc) is 2.26. The maximum absolute atomic E-state index is 11.8. The van der Waals surface area contributed by atoms with E-state index in [-0.39, 0.29) is 12.4 Å². The molecule has 0 atom stereocenters. The SMILES string of the molecule is COc1cccc(OC)c1CC(=O)OC(C)(C)C. The van der Waals surface area contributed by atoms with E-state index in [4.69, 9.17) is 14.2 Å². The highest BCUT2D eigenvalue weighted by Gasteiger charge is 2.20. The van der Waals surface area contributed by atoms with E-state index in [9.17, 15) is 4.79 Å². The summed E-state index contributed by atoms with van der Waals surface area (Å²) in [4.78, 5) is 11.8. The summed E-state index contributed by atoms with van der Waals surface area (Å²) in [5, 5.41) is 0. The number of esters is 1. The molecular weight excluding hydrogens is 232 g/mol. The lowest BCUT2D eigenvalue weighted by Crippen LogP contribution is -2.25. The molecule has 1 rings (SSSR count). The molecule has 0 aliphatic carbocycles. The standard InChI is InChI=1S/C14H20O4/c1-14(2,3)18-13(15)9-10-11(16-4)7-6-8-12(10)17-5/h6-8H,9H2,1-5H3. The van der Waals surface area contributed by atoms with Crippen LogP contribution in [-0.2, 0) is 16.0 Å². The van der Waals surface area contributed by atoms with Gasteiger partial charge in [0, 0.05) is 5.56 Å². The van der Waals surface area contributed by atoms with Crippen LogP contribution in [0.4, 0.5) is 0 Å². The summed E-state index contributed by atoms with van der Waals surface area (Å²) >= 11 is 0. The van der Waals surface area contributed by atoms with Gasteiger partial charge in [-0.05, 0) is 32.9 Å². The molecule has 0 radical (unpaired) electrons. The maximum atomic E-state index is 11.8. The summed E-state index contributed by atoms with van der Waals surface area (Å²) in [7, 11) is 3.13. The van der Waals surface area contributed by atoms with Crippen LogP contribution in [-0.4, -0.2) is 25.8 Å². The summed E-state index contributed by atoms with van der Waals surface area (Å²) in [6.07, 6.45) is 0.129. The Kier molecular flexibility index (Phi) is 4.59. The van der Waals surface area contributed by atoms with Crippen LogP contribution in [0.5, 0.6) is 11.5 Å². The topological polar surface area (TPSA) is 44.8 Å². The highest BCUT2D eigenvalue weighted by atomic mass is 16.6. The van der Waals surface area contributed by atoms with E-state index in [0.717, 1.165) is 0 Å². The fourth-order valence-corrected chi connectivity index (χ4v) is 1.62. The normalized spacial score (nSPS) is 10.9. The minimum absolute atomic E-state index is 0.129. The number of ether oxygens (including phenoxy) is 3. The van der Waals surface area contributed by atoms with Crippen molar-refractivity contribution in [1.29, 1.82) is 0 Å². The van der Waals surface area contributed by atoms with Gasteiger partial charge in [-0.3, -0.25) is 4.79 Å². The van der Waals surface area contributed by atoms with Gasteiger partial charge < -0.3 is 14.2 Å². The van der Waals surface area contributed by atoms with Crippen molar-refractivity contribution >= 4 is 5.97 Å². The quantitative estimate of drug-likeness (QED) is 0.773. The van der Waals surface area contributed by atoms with E-state index >= 15 is 0 Å². The summed E-state index contributed by atoms with van der Waals surface area (Å²) in [5.41, 5.74) is 0.212. The number of methoxy groups -OCH3 is 2. The molecule has 1 aromatic rings. The van der Waals surface area contributed by atoms with Gasteiger partial charge in [0.05, 0.1) is 20.6 Å². The molecule has 1 aromatic carbocycles. The first-order valence-corrected chi connectivity index (χ1v) is 5.79. The summed E-state index contributed by atoms with van der Waals surface area (Å²) in [6, 6.07) is 5.40. The molecule has 0 aromatic heterocycles. The van der Waals surface area contributed by atoms with E-state index in [1.54, 1.807) is 26.4 Å². The molecule has 0 aliphatic rings. The van der Waals surface area contributed by atoms with E-state index in [0.29, 0.717) is 17.1 Å². The minimum Gasteiger partial charge on any atom is -0.496 e. The fraction of sp³-hybridized carbons (Fsp3) is 0.500. The Hall–Kier alpha value is -1.71. The van der Waals surface area contributed by atoms with Crippen LogP contribution in [0.2, 0.25) is 0 Å². The third kappa shape index (κ3) is 3.95. The molecule has 0 saturated heterocycles. The zero-order valence-corrected chi connectivity index (χ0v) is 11.6. The van der Waals surface area contributed by atoms with E-state index in [1.807, 2.05) is 26.8 Å². The molecule has 4 nitrogen and oxygen atoms in total. The van der Waals surface area contributed by atoms with E-state index < -0.39 is 5.60 Å². The number of hydrogen-bond acceptors (Lipinski definition) is 4. The zero-order valence-electron chi connectivity index (χ0n) is 11.6. The van der Waals surface area contributed by atoms with Crippen molar-refractivity contribution in [2.24, 2.45) is 0 Å². The highest BCUT2D eigenvalue weighted by molar-refractivity contribution is 5.75. The maximum Gasteiger partial charge on any atom is 0.311 e. The Morgan fingerprint density at radius 2 is 1.61 bits per heavy atom. The molecule has 0 bridgehead atoms. The van der Waals surface area contributed by atoms with Crippen molar-refractivity contribution in [2.45, 2.75) is 32.8 Å². The van der Waals surface area contributed by atoms with Crippen molar-refractivity contribution in [3.63, 3.8) is 0 Å². The summed E-state index contributed by atoms with van der Waals surface area (Å²) < 4.78 is 15.8. The number of rotatable bonds is 4. The van der Waals surface area contributed by atoms with Gasteiger partial charge >= 0.3 is 5.97 Å². The average molecular weight is 252 g/mol. The van der Waals surface area contributed by atoms with Crippen LogP contribution in [0.3, 0.4) is 0 Å². The van der Waals surface area contributed by atoms with E-state index in [2.05, 4.69) is 0 Å². The largest absolute Gasteiger partial charge is 0.496 e. The van der Waals surface area contributed by atoms with Gasteiger partial charge in [0.2, 0.25) is 0 Å². The predicted molar refractivity (Wildman–Crippen MR) is 69.1 cm³/mol. The van der Waals surface area contributed by atoms with Crippen LogP contribution in [0.15, 0.2) is 18.2 Å². The molecule has 18 heavy (non-hydrogen) atoms. The molecule has 100 valence electrons. The second kappa shape index (κ2) is 5.76. The van der Waals surface area contributed by atoms with Crippen molar-refractivity contribution < 1.29 is 19.0 Å². The van der Waals surface area contributed by atoms with Gasteiger partial charge in [0.25, 0.3) is 0 Å². The van der Waals surface area contributed by atoms with Gasteiger partial charge in [0.1, 0.15) is 17.1 Å². The lowest BCUT2D eigenvalue weighted by atomic mass is 10.1. The van der Waals surface area contributed by atoms with Crippen molar-refractivity contribution in [1.82, 2.24) is 0 Å². The van der Waals surface area contributed by atoms with Gasteiger partial charge in [0.15, 0.2) is 0 Å². The van der Waals surface area contributed by atoms with Crippen molar-refractivity contribution in [2.75, 3.05) is 14.2 Å². The van der Waals surface area contributed by atoms with Crippen molar-refractivity contribution in [3.8, 4) is 11.5 Å². The molecule has 0 spiro atoms. The summed E-state index contributed by atoms with van der Waals surface area (Å²) in [5.74, 6) is 0.950. The Balaban J connectivity index is 2.92. The van der Waals surface area contributed by atoms with Gasteiger partial charge in [-0.15, -0.1) is 0 Å². The Bertz CT molecular complexity index is 396. The summed E-state index contributed by atoms with van der Waals surface area (Å²) in [6.45, 7) is 5.51. The first kappa shape index (κ1) is 14.4. The van der Waals surface area contributed by atoms with Gasteiger partial charge in [-0.2, -0.15) is 0 Å². The minimum atomic E-state index is -0.494. The Morgan fingerprint density at radius 1 is 1.11 bits per heavy atom. The first-order valence-electron chi connectivity index (χ1n) is 5.79.